The van der Waals surface area contributed by atoms with Gasteiger partial charge in [-0.2, -0.15) is 0 Å². The Labute approximate surface area is 206 Å². The summed E-state index contributed by atoms with van der Waals surface area (Å²) in [6.45, 7) is 7.62. The van der Waals surface area contributed by atoms with Crippen LogP contribution in [0.3, 0.4) is 0 Å². The van der Waals surface area contributed by atoms with E-state index in [2.05, 4.69) is 20.9 Å². The van der Waals surface area contributed by atoms with E-state index < -0.39 is 5.91 Å². The molecule has 0 aliphatic heterocycles. The second kappa shape index (κ2) is 14.3. The molecule has 0 bridgehead atoms. The zero-order valence-corrected chi connectivity index (χ0v) is 21.0. The van der Waals surface area contributed by atoms with Crippen molar-refractivity contribution in [1.29, 1.82) is 0 Å². The lowest BCUT2D eigenvalue weighted by atomic mass is 10.1. The van der Waals surface area contributed by atoms with Crippen molar-refractivity contribution in [1.82, 2.24) is 16.0 Å². The van der Waals surface area contributed by atoms with Crippen molar-refractivity contribution in [3.63, 3.8) is 0 Å². The van der Waals surface area contributed by atoms with Gasteiger partial charge >= 0.3 is 0 Å². The van der Waals surface area contributed by atoms with E-state index in [1.165, 1.54) is 0 Å². The first-order valence-electron chi connectivity index (χ1n) is 10.3. The Morgan fingerprint density at radius 2 is 1.75 bits per heavy atom. The molecular weight excluding hydrogens is 521 g/mol. The highest BCUT2D eigenvalue weighted by Crippen LogP contribution is 2.17. The van der Waals surface area contributed by atoms with Crippen LogP contribution in [0, 0.1) is 6.92 Å². The third-order valence-electron chi connectivity index (χ3n) is 4.38. The van der Waals surface area contributed by atoms with Crippen molar-refractivity contribution in [2.24, 2.45) is 10.7 Å². The maximum atomic E-state index is 11.9. The molecule has 2 rings (SSSR count). The topological polar surface area (TPSA) is 118 Å². The number of carbonyl (C=O) groups is 2. The number of aryl methyl sites for hydroxylation is 1. The monoisotopic (exact) mass is 553 g/mol. The average Bonchev–Trinajstić information content (AvgIpc) is 2.76. The first-order valence-corrected chi connectivity index (χ1v) is 10.3. The summed E-state index contributed by atoms with van der Waals surface area (Å²) in [5.74, 6) is 0.637. The van der Waals surface area contributed by atoms with Gasteiger partial charge in [-0.25, -0.2) is 4.99 Å². The molecule has 0 aliphatic carbocycles. The quantitative estimate of drug-likeness (QED) is 0.205. The smallest absolute Gasteiger partial charge is 0.251 e. The van der Waals surface area contributed by atoms with Gasteiger partial charge in [-0.1, -0.05) is 30.3 Å². The number of carbonyl (C=O) groups excluding carboxylic acids is 2. The highest BCUT2D eigenvalue weighted by molar-refractivity contribution is 14.0. The van der Waals surface area contributed by atoms with Gasteiger partial charge in [0.05, 0.1) is 19.6 Å². The first-order chi connectivity index (χ1) is 14.9. The van der Waals surface area contributed by atoms with Crippen molar-refractivity contribution in [3.8, 4) is 5.75 Å². The molecule has 174 valence electrons. The second-order valence-corrected chi connectivity index (χ2v) is 7.12. The van der Waals surface area contributed by atoms with Gasteiger partial charge in [-0.3, -0.25) is 9.59 Å². The molecule has 0 aliphatic rings. The Bertz CT molecular complexity index is 903. The summed E-state index contributed by atoms with van der Waals surface area (Å²) in [6.07, 6.45) is -0.0387. The molecule has 1 atom stereocenters. The summed E-state index contributed by atoms with van der Waals surface area (Å²) in [6, 6.07) is 15.0. The van der Waals surface area contributed by atoms with Crippen molar-refractivity contribution in [3.05, 3.63) is 65.2 Å². The maximum Gasteiger partial charge on any atom is 0.251 e. The minimum absolute atomic E-state index is 0. The number of primary amides is 1. The molecule has 0 saturated heterocycles. The van der Waals surface area contributed by atoms with Gasteiger partial charge in [0.15, 0.2) is 5.96 Å². The summed E-state index contributed by atoms with van der Waals surface area (Å²) < 4.78 is 5.99. The van der Waals surface area contributed by atoms with E-state index in [0.29, 0.717) is 24.6 Å². The molecule has 9 heteroatoms. The number of hydrogen-bond donors (Lipinski definition) is 4. The predicted octanol–water partition coefficient (Wildman–Crippen LogP) is 2.35. The molecular formula is C23H32IN5O3. The Morgan fingerprint density at radius 3 is 2.38 bits per heavy atom. The van der Waals surface area contributed by atoms with Crippen LogP contribution in [0.2, 0.25) is 0 Å². The van der Waals surface area contributed by atoms with Gasteiger partial charge in [0.2, 0.25) is 5.91 Å². The highest BCUT2D eigenvalue weighted by Gasteiger charge is 2.08. The van der Waals surface area contributed by atoms with Gasteiger partial charge in [-0.05, 0) is 50.1 Å². The number of guanidine groups is 1. The van der Waals surface area contributed by atoms with Crippen LogP contribution in [-0.4, -0.2) is 43.5 Å². The lowest BCUT2D eigenvalue weighted by molar-refractivity contribution is -0.117. The number of nitrogens with two attached hydrogens (primary N) is 1. The Hall–Kier alpha value is -2.82. The van der Waals surface area contributed by atoms with Crippen LogP contribution in [0.4, 0.5) is 0 Å². The molecule has 5 N–H and O–H groups in total. The lowest BCUT2D eigenvalue weighted by Crippen LogP contribution is -2.41. The third kappa shape index (κ3) is 9.54. The highest BCUT2D eigenvalue weighted by atomic mass is 127. The summed E-state index contributed by atoms with van der Waals surface area (Å²) in [7, 11) is 0. The summed E-state index contributed by atoms with van der Waals surface area (Å²) >= 11 is 0. The number of para-hydroxylation sites is 1. The molecule has 0 saturated carbocycles. The van der Waals surface area contributed by atoms with Crippen LogP contribution in [0.25, 0.3) is 0 Å². The molecule has 0 radical (unpaired) electrons. The summed E-state index contributed by atoms with van der Waals surface area (Å²) in [5, 5.41) is 8.97. The van der Waals surface area contributed by atoms with E-state index >= 15 is 0 Å². The predicted molar refractivity (Wildman–Crippen MR) is 137 cm³/mol. The van der Waals surface area contributed by atoms with E-state index in [0.717, 1.165) is 23.4 Å². The number of halogens is 1. The summed E-state index contributed by atoms with van der Waals surface area (Å²) in [4.78, 5) is 27.3. The lowest BCUT2D eigenvalue weighted by Gasteiger charge is -2.18. The fraction of sp³-hybridized carbons (Fsp3) is 0.348. The number of rotatable bonds is 10. The Kier molecular flexibility index (Phi) is 12.1. The Balaban J connectivity index is 0.00000512. The molecule has 0 spiro atoms. The van der Waals surface area contributed by atoms with Crippen LogP contribution in [0.1, 0.15) is 35.3 Å². The number of ether oxygens (including phenoxy) is 1. The van der Waals surface area contributed by atoms with E-state index in [1.54, 1.807) is 12.1 Å². The standard InChI is InChI=1S/C23H31N5O3.HI/c1-4-25-23(27-13-17(3)31-20-8-6-5-7-16(20)2)28-14-18-9-11-19(12-10-18)22(30)26-15-21(24)29;/h5-12,17H,4,13-15H2,1-3H3,(H2,24,29)(H,26,30)(H2,25,27,28);1H. The molecule has 2 aromatic rings. The fourth-order valence-electron chi connectivity index (χ4n) is 2.73. The van der Waals surface area contributed by atoms with Crippen LogP contribution in [0.5, 0.6) is 5.75 Å². The number of amides is 2. The van der Waals surface area contributed by atoms with Crippen molar-refractivity contribution in [2.75, 3.05) is 19.6 Å². The van der Waals surface area contributed by atoms with Crippen molar-refractivity contribution >= 4 is 41.8 Å². The molecule has 0 aromatic heterocycles. The molecule has 0 heterocycles. The Morgan fingerprint density at radius 1 is 1.06 bits per heavy atom. The van der Waals surface area contributed by atoms with Crippen LogP contribution in [0.15, 0.2) is 53.5 Å². The van der Waals surface area contributed by atoms with Crippen LogP contribution in [-0.2, 0) is 11.3 Å². The normalized spacial score (nSPS) is 11.7. The maximum absolute atomic E-state index is 11.9. The average molecular weight is 553 g/mol. The molecule has 32 heavy (non-hydrogen) atoms. The minimum Gasteiger partial charge on any atom is -0.489 e. The molecule has 1 unspecified atom stereocenters. The van der Waals surface area contributed by atoms with Crippen molar-refractivity contribution < 1.29 is 14.3 Å². The largest absolute Gasteiger partial charge is 0.489 e. The van der Waals surface area contributed by atoms with Crippen LogP contribution < -0.4 is 26.4 Å². The zero-order valence-electron chi connectivity index (χ0n) is 18.7. The van der Waals surface area contributed by atoms with E-state index in [1.807, 2.05) is 57.2 Å². The van der Waals surface area contributed by atoms with Gasteiger partial charge in [0.1, 0.15) is 11.9 Å². The second-order valence-electron chi connectivity index (χ2n) is 7.12. The molecule has 0 fully saturated rings. The number of hydrogen-bond acceptors (Lipinski definition) is 4. The van der Waals surface area contributed by atoms with Gasteiger partial charge in [-0.15, -0.1) is 24.0 Å². The van der Waals surface area contributed by atoms with Gasteiger partial charge in [0.25, 0.3) is 5.91 Å². The molecule has 8 nitrogen and oxygen atoms in total. The van der Waals surface area contributed by atoms with E-state index in [4.69, 9.17) is 10.5 Å². The van der Waals surface area contributed by atoms with E-state index in [9.17, 15) is 9.59 Å². The van der Waals surface area contributed by atoms with Gasteiger partial charge < -0.3 is 26.4 Å². The van der Waals surface area contributed by atoms with Gasteiger partial charge in [0, 0.05) is 12.1 Å². The minimum atomic E-state index is -0.582. The number of nitrogens with one attached hydrogen (secondary N) is 3. The van der Waals surface area contributed by atoms with E-state index in [-0.39, 0.29) is 42.5 Å². The SMILES string of the molecule is CCNC(=NCc1ccc(C(=O)NCC(N)=O)cc1)NCC(C)Oc1ccccc1C.I. The van der Waals surface area contributed by atoms with Crippen molar-refractivity contribution in [2.45, 2.75) is 33.4 Å². The van der Waals surface area contributed by atoms with Crippen LogP contribution >= 0.6 is 24.0 Å². The molecule has 2 amide bonds. The fourth-order valence-corrected chi connectivity index (χ4v) is 2.73. The summed E-state index contributed by atoms with van der Waals surface area (Å²) in [5.41, 5.74) is 7.55. The number of benzene rings is 2. The number of nitrogens with zero attached hydrogens (tertiary/aromatic N) is 1. The zero-order chi connectivity index (χ0) is 22.6. The number of aliphatic imine (C=N–C) groups is 1. The first kappa shape index (κ1) is 27.2. The third-order valence-corrected chi connectivity index (χ3v) is 4.38. The molecule has 2 aromatic carbocycles.